The number of hydrogen-bond donors (Lipinski definition) is 13. The van der Waals surface area contributed by atoms with Gasteiger partial charge < -0.3 is 69.7 Å². The van der Waals surface area contributed by atoms with Crippen molar-refractivity contribution in [3.63, 3.8) is 0 Å². The van der Waals surface area contributed by atoms with Gasteiger partial charge in [-0.2, -0.15) is 0 Å². The van der Waals surface area contributed by atoms with Gasteiger partial charge in [-0.1, -0.05) is 113 Å². The highest BCUT2D eigenvalue weighted by molar-refractivity contribution is 5.97. The number of nitrogens with zero attached hydrogens (tertiary/aromatic N) is 1. The van der Waals surface area contributed by atoms with E-state index in [4.69, 9.17) is 17.2 Å². The standard InChI is InChI=1S/C57H76N14O10/c1-6-33(4)49(50(60)74)71-56(80)43(26-36-17-11-8-12-18-36)68-55(79)45(28-38-30-61-31-64-38)66-47(73)23-24-62-57(81)48(32(2)3)70-51(75)34(5)65-54(78)44(27-37-29-63-41-20-14-13-19-39(37)41)69-53(77)42(21-22-46(59)72)67-52(76)40(58)25-35-15-9-7-10-16-35/h7-20,29-34,40,42-45,48-49,63H,6,21-28,58H2,1-5H3,(H2,59,72)(H2,60,74)(H,61,64)(H,62,81)(H,65,78)(H,66,73)(H,67,76)(H,68,79)(H,69,77)(H,70,75)(H,71,80)/t33-,34-,40+,42-,43-,44-,45-,48-,49-/m0/s1. The Morgan fingerprint density at radius 3 is 1.72 bits per heavy atom. The van der Waals surface area contributed by atoms with Gasteiger partial charge in [-0.05, 0) is 54.4 Å². The van der Waals surface area contributed by atoms with E-state index in [1.807, 2.05) is 31.2 Å². The number of para-hydroxylation sites is 1. The zero-order valence-electron chi connectivity index (χ0n) is 46.2. The Balaban J connectivity index is 1.23. The summed E-state index contributed by atoms with van der Waals surface area (Å²) in [6, 6.07) is 15.5. The van der Waals surface area contributed by atoms with Gasteiger partial charge in [-0.25, -0.2) is 4.98 Å². The van der Waals surface area contributed by atoms with Crippen LogP contribution in [0.5, 0.6) is 0 Å². The average molecular weight is 1120 g/mol. The number of amides is 10. The highest BCUT2D eigenvalue weighted by Gasteiger charge is 2.34. The van der Waals surface area contributed by atoms with Crippen molar-refractivity contribution >= 4 is 70.0 Å². The molecular formula is C57H76N14O10. The van der Waals surface area contributed by atoms with Crippen molar-refractivity contribution in [3.8, 4) is 0 Å². The third-order valence-electron chi connectivity index (χ3n) is 13.7. The number of fused-ring (bicyclic) bond motifs is 1. The lowest BCUT2D eigenvalue weighted by molar-refractivity contribution is -0.135. The lowest BCUT2D eigenvalue weighted by Crippen LogP contribution is -2.59. The van der Waals surface area contributed by atoms with Gasteiger partial charge in [0.1, 0.15) is 42.3 Å². The molecule has 0 radical (unpaired) electrons. The maximum atomic E-state index is 14.2. The monoisotopic (exact) mass is 1120 g/mol. The van der Waals surface area contributed by atoms with Gasteiger partial charge in [0.2, 0.25) is 59.1 Å². The Bertz CT molecular complexity index is 2940. The Labute approximate surface area is 469 Å². The molecule has 2 heterocycles. The van der Waals surface area contributed by atoms with Crippen LogP contribution in [0.3, 0.4) is 0 Å². The fourth-order valence-corrected chi connectivity index (χ4v) is 8.81. The van der Waals surface area contributed by atoms with Crippen molar-refractivity contribution < 1.29 is 47.9 Å². The van der Waals surface area contributed by atoms with Gasteiger partial charge >= 0.3 is 0 Å². The smallest absolute Gasteiger partial charge is 0.243 e. The molecule has 2 aromatic heterocycles. The first-order valence-corrected chi connectivity index (χ1v) is 27.0. The summed E-state index contributed by atoms with van der Waals surface area (Å²) < 4.78 is 0. The van der Waals surface area contributed by atoms with Crippen molar-refractivity contribution in [1.82, 2.24) is 57.5 Å². The Morgan fingerprint density at radius 2 is 1.11 bits per heavy atom. The first-order valence-electron chi connectivity index (χ1n) is 27.0. The number of H-pyrrole nitrogens is 2. The molecule has 24 nitrogen and oxygen atoms in total. The average Bonchev–Trinajstić information content (AvgIpc) is 4.23. The van der Waals surface area contributed by atoms with Crippen molar-refractivity contribution in [1.29, 1.82) is 0 Å². The van der Waals surface area contributed by atoms with Gasteiger partial charge in [-0.3, -0.25) is 47.9 Å². The summed E-state index contributed by atoms with van der Waals surface area (Å²) in [5.41, 5.74) is 20.7. The van der Waals surface area contributed by atoms with E-state index >= 15 is 0 Å². The summed E-state index contributed by atoms with van der Waals surface area (Å²) in [5.74, 6) is -8.00. The van der Waals surface area contributed by atoms with Crippen LogP contribution >= 0.6 is 0 Å². The second-order valence-electron chi connectivity index (χ2n) is 20.4. The lowest BCUT2D eigenvalue weighted by Gasteiger charge is -2.27. The minimum atomic E-state index is -1.34. The van der Waals surface area contributed by atoms with E-state index in [2.05, 4.69) is 57.5 Å². The summed E-state index contributed by atoms with van der Waals surface area (Å²) in [4.78, 5) is 145. The summed E-state index contributed by atoms with van der Waals surface area (Å²) >= 11 is 0. The molecule has 0 unspecified atom stereocenters. The minimum Gasteiger partial charge on any atom is -0.370 e. The molecule has 10 amide bonds. The number of nitrogens with two attached hydrogens (primary N) is 3. The van der Waals surface area contributed by atoms with Gasteiger partial charge in [-0.15, -0.1) is 0 Å². The SMILES string of the molecule is CC[C@H](C)[C@H](NC(=O)[C@H](Cc1ccccc1)NC(=O)[C@H](Cc1cnc[nH]1)NC(=O)CCNC(=O)[C@@H](NC(=O)[C@H](C)NC(=O)[C@H](Cc1c[nH]c2ccccc12)NC(=O)[C@H](CCC(N)=O)NC(=O)[C@H](N)Cc1ccccc1)C(C)C)C(N)=O. The van der Waals surface area contributed by atoms with Crippen molar-refractivity contribution in [2.75, 3.05) is 6.54 Å². The maximum Gasteiger partial charge on any atom is 0.243 e. The van der Waals surface area contributed by atoms with E-state index < -0.39 is 113 Å². The second kappa shape index (κ2) is 31.0. The number of benzene rings is 3. The van der Waals surface area contributed by atoms with Gasteiger partial charge in [0.05, 0.1) is 12.4 Å². The molecular weight excluding hydrogens is 1040 g/mol. The number of carbonyl (C=O) groups is 10. The number of nitrogens with one attached hydrogen (secondary N) is 10. The molecule has 9 atom stereocenters. The quantitative estimate of drug-likeness (QED) is 0.0268. The van der Waals surface area contributed by atoms with Crippen LogP contribution < -0.4 is 59.7 Å². The molecule has 0 aliphatic heterocycles. The first-order chi connectivity index (χ1) is 38.6. The van der Waals surface area contributed by atoms with Crippen LogP contribution in [0.25, 0.3) is 10.9 Å². The predicted molar refractivity (Wildman–Crippen MR) is 301 cm³/mol. The van der Waals surface area contributed by atoms with E-state index in [0.29, 0.717) is 23.2 Å². The van der Waals surface area contributed by atoms with E-state index in [1.165, 1.54) is 19.4 Å². The van der Waals surface area contributed by atoms with Crippen LogP contribution in [-0.2, 0) is 73.6 Å². The van der Waals surface area contributed by atoms with E-state index in [-0.39, 0.29) is 57.4 Å². The van der Waals surface area contributed by atoms with Gasteiger partial charge in [0, 0.05) is 67.6 Å². The molecule has 0 fully saturated rings. The minimum absolute atomic E-state index is 0.0420. The molecule has 24 heteroatoms. The summed E-state index contributed by atoms with van der Waals surface area (Å²) in [6.07, 6.45) is 4.32. The van der Waals surface area contributed by atoms with E-state index in [9.17, 15) is 47.9 Å². The molecule has 16 N–H and O–H groups in total. The lowest BCUT2D eigenvalue weighted by atomic mass is 9.97. The van der Waals surface area contributed by atoms with Crippen molar-refractivity contribution in [2.24, 2.45) is 29.0 Å². The maximum absolute atomic E-state index is 14.2. The topological polar surface area (TPSA) is 389 Å². The molecule has 434 valence electrons. The third kappa shape index (κ3) is 19.7. The predicted octanol–water partition coefficient (Wildman–Crippen LogP) is -0.138. The van der Waals surface area contributed by atoms with Gasteiger partial charge in [0.15, 0.2) is 0 Å². The molecule has 0 saturated carbocycles. The van der Waals surface area contributed by atoms with Crippen LogP contribution in [-0.4, -0.2) is 129 Å². The van der Waals surface area contributed by atoms with Crippen LogP contribution in [0.2, 0.25) is 0 Å². The summed E-state index contributed by atoms with van der Waals surface area (Å²) in [7, 11) is 0. The largest absolute Gasteiger partial charge is 0.370 e. The normalized spacial score (nSPS) is 14.5. The first kappa shape index (κ1) is 62.9. The molecule has 81 heavy (non-hydrogen) atoms. The third-order valence-corrected chi connectivity index (χ3v) is 13.7. The number of hydrogen-bond acceptors (Lipinski definition) is 12. The molecule has 0 bridgehead atoms. The van der Waals surface area contributed by atoms with Gasteiger partial charge in [0.25, 0.3) is 0 Å². The summed E-state index contributed by atoms with van der Waals surface area (Å²) in [5, 5.41) is 22.1. The Kier molecular flexibility index (Phi) is 24.1. The number of aromatic amines is 2. The Morgan fingerprint density at radius 1 is 0.556 bits per heavy atom. The number of primary amides is 2. The van der Waals surface area contributed by atoms with Crippen LogP contribution in [0, 0.1) is 11.8 Å². The molecule has 0 aliphatic rings. The molecule has 5 rings (SSSR count). The zero-order chi connectivity index (χ0) is 59.2. The fourth-order valence-electron chi connectivity index (χ4n) is 8.81. The van der Waals surface area contributed by atoms with Crippen LogP contribution in [0.1, 0.15) is 82.7 Å². The highest BCUT2D eigenvalue weighted by Crippen LogP contribution is 2.20. The Hall–Kier alpha value is -8.93. The number of imidazole rings is 1. The van der Waals surface area contributed by atoms with Crippen molar-refractivity contribution in [3.05, 3.63) is 126 Å². The number of rotatable bonds is 32. The fraction of sp³-hybridized carbons (Fsp3) is 0.421. The number of aromatic nitrogens is 3. The molecule has 0 saturated heterocycles. The second-order valence-corrected chi connectivity index (χ2v) is 20.4. The molecule has 3 aromatic carbocycles. The van der Waals surface area contributed by atoms with E-state index in [1.54, 1.807) is 87.6 Å². The number of carbonyl (C=O) groups excluding carboxylic acids is 10. The van der Waals surface area contributed by atoms with Crippen LogP contribution in [0.15, 0.2) is 104 Å². The summed E-state index contributed by atoms with van der Waals surface area (Å²) in [6.45, 7) is 8.13. The van der Waals surface area contributed by atoms with Crippen LogP contribution in [0.4, 0.5) is 0 Å². The van der Waals surface area contributed by atoms with Crippen molar-refractivity contribution in [2.45, 2.75) is 134 Å². The molecule has 0 spiro atoms. The van der Waals surface area contributed by atoms with E-state index in [0.717, 1.165) is 16.5 Å². The highest BCUT2D eigenvalue weighted by atomic mass is 16.2. The zero-order valence-corrected chi connectivity index (χ0v) is 46.2. The molecule has 5 aromatic rings. The molecule has 0 aliphatic carbocycles.